The first-order valence-corrected chi connectivity index (χ1v) is 18.0. The molecule has 0 aromatic heterocycles. The fourth-order valence-corrected chi connectivity index (χ4v) is 4.90. The molecule has 0 aromatic rings. The van der Waals surface area contributed by atoms with Crippen LogP contribution in [-0.2, 0) is 28.8 Å². The zero-order chi connectivity index (χ0) is 37.1. The minimum atomic E-state index is -0.542. The normalized spacial score (nSPS) is 11.2. The second-order valence-electron chi connectivity index (χ2n) is 13.3. The van der Waals surface area contributed by atoms with Gasteiger partial charge in [-0.3, -0.25) is 28.8 Å². The number of nitrogens with one attached hydrogen (secondary N) is 2. The highest BCUT2D eigenvalue weighted by atomic mass is 16.2. The number of carbonyl (C=O) groups excluding carboxylic acids is 6. The molecule has 0 atom stereocenters. The van der Waals surface area contributed by atoms with E-state index in [0.717, 1.165) is 0 Å². The van der Waals surface area contributed by atoms with Gasteiger partial charge in [0.2, 0.25) is 29.5 Å². The number of nitrogens with zero attached hydrogens (tertiary/aromatic N) is 3. The molecule has 0 aromatic carbocycles. The minimum Gasteiger partial charge on any atom is -0.356 e. The van der Waals surface area contributed by atoms with Crippen LogP contribution in [0.4, 0.5) is 0 Å². The van der Waals surface area contributed by atoms with Crippen molar-refractivity contribution in [3.05, 3.63) is 0 Å². The highest BCUT2D eigenvalue weighted by Gasteiger charge is 2.23. The van der Waals surface area contributed by atoms with Crippen LogP contribution in [0.1, 0.15) is 97.8 Å². The molecule has 15 nitrogen and oxygen atoms in total. The summed E-state index contributed by atoms with van der Waals surface area (Å²) >= 11 is 0. The van der Waals surface area contributed by atoms with Crippen LogP contribution < -0.4 is 33.6 Å². The van der Waals surface area contributed by atoms with Gasteiger partial charge in [0.15, 0.2) is 0 Å². The summed E-state index contributed by atoms with van der Waals surface area (Å²) in [6.07, 6.45) is 4.20. The van der Waals surface area contributed by atoms with Gasteiger partial charge in [0.05, 0.1) is 0 Å². The summed E-state index contributed by atoms with van der Waals surface area (Å²) in [5, 5.41) is 5.64. The van der Waals surface area contributed by atoms with E-state index in [-0.39, 0.29) is 73.8 Å². The van der Waals surface area contributed by atoms with Gasteiger partial charge < -0.3 is 48.3 Å². The van der Waals surface area contributed by atoms with Gasteiger partial charge >= 0.3 is 0 Å². The molecule has 10 N–H and O–H groups in total. The lowest BCUT2D eigenvalue weighted by molar-refractivity contribution is -0.135. The van der Waals surface area contributed by atoms with E-state index in [1.54, 1.807) is 14.7 Å². The summed E-state index contributed by atoms with van der Waals surface area (Å²) in [7, 11) is 0. The Morgan fingerprint density at radius 1 is 0.449 bits per heavy atom. The average molecular weight is 698 g/mol. The molecule has 0 rings (SSSR count). The van der Waals surface area contributed by atoms with Crippen LogP contribution >= 0.6 is 0 Å². The largest absolute Gasteiger partial charge is 0.356 e. The first kappa shape index (κ1) is 45.9. The molecule has 0 radical (unpaired) electrons. The number of Topliss-reactive ketones (excluding diaryl/α,β-unsaturated/α-hetero) is 1. The molecule has 0 saturated carbocycles. The van der Waals surface area contributed by atoms with Gasteiger partial charge in [-0.2, -0.15) is 0 Å². The third kappa shape index (κ3) is 23.0. The van der Waals surface area contributed by atoms with Gasteiger partial charge in [0.1, 0.15) is 5.78 Å². The van der Waals surface area contributed by atoms with Crippen molar-refractivity contribution in [2.24, 2.45) is 28.3 Å². The molecule has 49 heavy (non-hydrogen) atoms. The number of carbonyl (C=O) groups is 6. The molecule has 0 unspecified atom stereocenters. The standard InChI is InChI=1S/C34H67N9O6/c1-34(2,3)28(44)10-13-31(47)43(26-8-20-39-29(45)11-14-32(48)41(22-4-16-35)23-5-17-36)27-9-21-40-30(46)12-15-33(49)42(24-6-18-37)25-7-19-38/h4-27,35-38H2,1-3H3,(H,39,45)(H,40,46). The predicted octanol–water partition coefficient (Wildman–Crippen LogP) is -0.164. The van der Waals surface area contributed by atoms with Crippen molar-refractivity contribution in [1.82, 2.24) is 25.3 Å². The quantitative estimate of drug-likeness (QED) is 0.0564. The van der Waals surface area contributed by atoms with Gasteiger partial charge in [-0.1, -0.05) is 20.8 Å². The Morgan fingerprint density at radius 3 is 1.02 bits per heavy atom. The predicted molar refractivity (Wildman–Crippen MR) is 192 cm³/mol. The van der Waals surface area contributed by atoms with Crippen molar-refractivity contribution in [1.29, 1.82) is 0 Å². The summed E-state index contributed by atoms with van der Waals surface area (Å²) in [6.45, 7) is 10.9. The first-order chi connectivity index (χ1) is 23.3. The lowest BCUT2D eigenvalue weighted by Gasteiger charge is -2.24. The number of amides is 5. The molecule has 284 valence electrons. The lowest BCUT2D eigenvalue weighted by atomic mass is 9.88. The van der Waals surface area contributed by atoms with Gasteiger partial charge in [-0.05, 0) is 64.7 Å². The Balaban J connectivity index is 4.87. The van der Waals surface area contributed by atoms with E-state index in [1.807, 2.05) is 20.8 Å². The summed E-state index contributed by atoms with van der Waals surface area (Å²) < 4.78 is 0. The van der Waals surface area contributed by atoms with E-state index in [0.29, 0.717) is 117 Å². The van der Waals surface area contributed by atoms with Crippen LogP contribution in [0.25, 0.3) is 0 Å². The molecular weight excluding hydrogens is 630 g/mol. The van der Waals surface area contributed by atoms with Crippen molar-refractivity contribution in [3.63, 3.8) is 0 Å². The number of nitrogens with two attached hydrogens (primary N) is 4. The molecule has 0 aliphatic heterocycles. The molecule has 0 spiro atoms. The van der Waals surface area contributed by atoms with Gasteiger partial charge in [0, 0.05) is 96.3 Å². The highest BCUT2D eigenvalue weighted by molar-refractivity contribution is 5.88. The second-order valence-corrected chi connectivity index (χ2v) is 13.3. The Bertz CT molecular complexity index is 918. The second kappa shape index (κ2) is 27.7. The Kier molecular flexibility index (Phi) is 25.9. The molecular formula is C34H67N9O6. The summed E-state index contributed by atoms with van der Waals surface area (Å²) in [4.78, 5) is 80.7. The topological polar surface area (TPSA) is 240 Å². The summed E-state index contributed by atoms with van der Waals surface area (Å²) in [6, 6.07) is 0. The van der Waals surface area contributed by atoms with Crippen molar-refractivity contribution >= 4 is 35.3 Å². The number of rotatable bonds is 29. The van der Waals surface area contributed by atoms with E-state index in [9.17, 15) is 28.8 Å². The minimum absolute atomic E-state index is 0.00124. The van der Waals surface area contributed by atoms with Gasteiger partial charge in [0.25, 0.3) is 0 Å². The lowest BCUT2D eigenvalue weighted by Crippen LogP contribution is -2.38. The van der Waals surface area contributed by atoms with E-state index in [1.165, 1.54) is 0 Å². The van der Waals surface area contributed by atoms with Crippen molar-refractivity contribution in [2.75, 3.05) is 78.5 Å². The van der Waals surface area contributed by atoms with Crippen LogP contribution in [0, 0.1) is 5.41 Å². The third-order valence-corrected chi connectivity index (χ3v) is 7.97. The Morgan fingerprint density at radius 2 is 0.735 bits per heavy atom. The fraction of sp³-hybridized carbons (Fsp3) is 0.824. The molecule has 15 heteroatoms. The molecule has 0 aliphatic rings. The Hall–Kier alpha value is -3.14. The first-order valence-electron chi connectivity index (χ1n) is 18.0. The monoisotopic (exact) mass is 698 g/mol. The maximum Gasteiger partial charge on any atom is 0.223 e. The van der Waals surface area contributed by atoms with Crippen molar-refractivity contribution < 1.29 is 28.8 Å². The highest BCUT2D eigenvalue weighted by Crippen LogP contribution is 2.18. The van der Waals surface area contributed by atoms with Crippen molar-refractivity contribution in [3.8, 4) is 0 Å². The van der Waals surface area contributed by atoms with Crippen LogP contribution in [-0.4, -0.2) is 129 Å². The van der Waals surface area contributed by atoms with Crippen LogP contribution in [0.15, 0.2) is 0 Å². The maximum absolute atomic E-state index is 13.1. The van der Waals surface area contributed by atoms with Crippen LogP contribution in [0.5, 0.6) is 0 Å². The maximum atomic E-state index is 13.1. The van der Waals surface area contributed by atoms with E-state index >= 15 is 0 Å². The summed E-state index contributed by atoms with van der Waals surface area (Å²) in [5.74, 6) is -0.880. The summed E-state index contributed by atoms with van der Waals surface area (Å²) in [5.41, 5.74) is 21.8. The number of hydrogen-bond donors (Lipinski definition) is 6. The molecule has 0 bridgehead atoms. The van der Waals surface area contributed by atoms with Crippen LogP contribution in [0.2, 0.25) is 0 Å². The van der Waals surface area contributed by atoms with E-state index in [2.05, 4.69) is 10.6 Å². The number of hydrogen-bond acceptors (Lipinski definition) is 10. The van der Waals surface area contributed by atoms with E-state index < -0.39 is 5.41 Å². The average Bonchev–Trinajstić information content (AvgIpc) is 3.07. The third-order valence-electron chi connectivity index (χ3n) is 7.97. The molecule has 0 fully saturated rings. The number of ketones is 1. The molecule has 0 aliphatic carbocycles. The van der Waals surface area contributed by atoms with E-state index in [4.69, 9.17) is 22.9 Å². The fourth-order valence-electron chi connectivity index (χ4n) is 4.90. The zero-order valence-electron chi connectivity index (χ0n) is 30.6. The van der Waals surface area contributed by atoms with Crippen molar-refractivity contribution in [2.45, 2.75) is 97.8 Å². The Labute approximate surface area is 293 Å². The molecule has 5 amide bonds. The zero-order valence-corrected chi connectivity index (χ0v) is 30.6. The van der Waals surface area contributed by atoms with Gasteiger partial charge in [-0.25, -0.2) is 0 Å². The van der Waals surface area contributed by atoms with Crippen LogP contribution in [0.3, 0.4) is 0 Å². The SMILES string of the molecule is CC(C)(C)C(=O)CCC(=O)N(CCCNC(=O)CCC(=O)N(CCCN)CCCN)CCCNC(=O)CCC(=O)N(CCCN)CCCN. The van der Waals surface area contributed by atoms with Gasteiger partial charge in [-0.15, -0.1) is 0 Å². The molecule has 0 saturated heterocycles. The smallest absolute Gasteiger partial charge is 0.223 e. The molecule has 0 heterocycles.